The van der Waals surface area contributed by atoms with E-state index < -0.39 is 28.9 Å². The minimum absolute atomic E-state index is 0.0443. The Hall–Kier alpha value is -4.27. The highest BCUT2D eigenvalue weighted by Crippen LogP contribution is 2.35. The van der Waals surface area contributed by atoms with Crippen LogP contribution in [0, 0.1) is 23.1 Å². The molecule has 1 atom stereocenters. The van der Waals surface area contributed by atoms with Crippen molar-refractivity contribution in [3.05, 3.63) is 76.8 Å². The molecule has 0 bridgehead atoms. The van der Waals surface area contributed by atoms with E-state index >= 15 is 0 Å². The Morgan fingerprint density at radius 1 is 1.12 bits per heavy atom. The number of pyridine rings is 1. The van der Waals surface area contributed by atoms with Gasteiger partial charge in [-0.25, -0.2) is 9.37 Å². The first-order valence-electron chi connectivity index (χ1n) is 13.4. The Bertz CT molecular complexity index is 1640. The molecular weight excluding hydrogens is 548 g/mol. The molecule has 11 heteroatoms. The number of aliphatic imine (C=N–C) groups is 1. The van der Waals surface area contributed by atoms with Gasteiger partial charge in [0, 0.05) is 67.2 Å². The van der Waals surface area contributed by atoms with E-state index in [1.165, 1.54) is 36.7 Å². The van der Waals surface area contributed by atoms with Crippen LogP contribution in [0.1, 0.15) is 23.6 Å². The largest absolute Gasteiger partial charge is 0.416 e. The molecule has 218 valence electrons. The standard InChI is InChI=1S/C31H30F4N6O/c1-30(15-20(16-37-19-30)3-8-25-26-13-23(32)6-4-21(26)17-38-28(25)36)29(42)39-24-7-5-22(27(14-24)31(33,34)35)18-41-11-9-40(2)10-12-41/h4-7,13-17H,9-12,18-19H2,1-2H3,(H2,36,38)(H,39,42). The van der Waals surface area contributed by atoms with Crippen molar-refractivity contribution >= 4 is 34.4 Å². The maximum absolute atomic E-state index is 14.0. The van der Waals surface area contributed by atoms with Crippen LogP contribution >= 0.6 is 0 Å². The molecule has 1 amide bonds. The van der Waals surface area contributed by atoms with Gasteiger partial charge in [0.2, 0.25) is 5.91 Å². The highest BCUT2D eigenvalue weighted by atomic mass is 19.4. The maximum Gasteiger partial charge on any atom is 0.416 e. The molecule has 5 rings (SSSR count). The highest BCUT2D eigenvalue weighted by molar-refractivity contribution is 6.00. The Labute approximate surface area is 241 Å². The van der Waals surface area contributed by atoms with Crippen LogP contribution in [0.25, 0.3) is 10.8 Å². The Morgan fingerprint density at radius 3 is 2.62 bits per heavy atom. The third kappa shape index (κ3) is 6.45. The lowest BCUT2D eigenvalue weighted by molar-refractivity contribution is -0.138. The first-order chi connectivity index (χ1) is 19.9. The molecule has 1 unspecified atom stereocenters. The fourth-order valence-electron chi connectivity index (χ4n) is 5.01. The number of nitrogens with two attached hydrogens (primary N) is 1. The molecular formula is C31H30F4N6O. The number of allylic oxidation sites excluding steroid dienone is 1. The number of carbonyl (C=O) groups is 1. The molecule has 3 heterocycles. The summed E-state index contributed by atoms with van der Waals surface area (Å²) in [4.78, 5) is 25.9. The van der Waals surface area contributed by atoms with Gasteiger partial charge in [-0.3, -0.25) is 14.7 Å². The second-order valence-electron chi connectivity index (χ2n) is 10.9. The molecule has 1 aromatic heterocycles. The van der Waals surface area contributed by atoms with Crippen molar-refractivity contribution in [2.45, 2.75) is 19.6 Å². The Morgan fingerprint density at radius 2 is 1.88 bits per heavy atom. The van der Waals surface area contributed by atoms with Crippen LogP contribution in [-0.4, -0.2) is 66.7 Å². The average molecular weight is 579 g/mol. The number of rotatable bonds is 4. The number of nitrogen functional groups attached to an aromatic ring is 1. The van der Waals surface area contributed by atoms with Gasteiger partial charge in [-0.1, -0.05) is 24.0 Å². The normalized spacial score (nSPS) is 19.7. The van der Waals surface area contributed by atoms with Crippen LogP contribution in [0.2, 0.25) is 0 Å². The molecule has 0 spiro atoms. The van der Waals surface area contributed by atoms with Gasteiger partial charge >= 0.3 is 6.18 Å². The average Bonchev–Trinajstić information content (AvgIpc) is 2.94. The number of halogens is 4. The fourth-order valence-corrected chi connectivity index (χ4v) is 5.01. The lowest BCUT2D eigenvalue weighted by atomic mass is 9.85. The number of amides is 1. The van der Waals surface area contributed by atoms with Crippen molar-refractivity contribution in [3.8, 4) is 11.8 Å². The molecule has 2 aromatic carbocycles. The van der Waals surface area contributed by atoms with E-state index in [2.05, 4.69) is 32.0 Å². The van der Waals surface area contributed by atoms with Gasteiger partial charge < -0.3 is 16.0 Å². The van der Waals surface area contributed by atoms with Crippen LogP contribution < -0.4 is 11.1 Å². The number of hydrogen-bond donors (Lipinski definition) is 2. The van der Waals surface area contributed by atoms with E-state index in [9.17, 15) is 22.4 Å². The summed E-state index contributed by atoms with van der Waals surface area (Å²) < 4.78 is 55.9. The number of aromatic nitrogens is 1. The van der Waals surface area contributed by atoms with Crippen LogP contribution in [-0.2, 0) is 17.5 Å². The van der Waals surface area contributed by atoms with Crippen molar-refractivity contribution in [2.75, 3.05) is 50.8 Å². The predicted octanol–water partition coefficient (Wildman–Crippen LogP) is 4.73. The number of anilines is 2. The minimum atomic E-state index is -4.58. The van der Waals surface area contributed by atoms with Crippen molar-refractivity contribution in [1.82, 2.24) is 14.8 Å². The summed E-state index contributed by atoms with van der Waals surface area (Å²) in [6.07, 6.45) is 0.0725. The summed E-state index contributed by atoms with van der Waals surface area (Å²) in [6.45, 7) is 4.85. The topological polar surface area (TPSA) is 86.8 Å². The lowest BCUT2D eigenvalue weighted by Crippen LogP contribution is -2.44. The number of carbonyl (C=O) groups excluding carboxylic acids is 1. The van der Waals surface area contributed by atoms with Gasteiger partial charge in [0.1, 0.15) is 11.6 Å². The number of alkyl halides is 3. The van der Waals surface area contributed by atoms with E-state index in [1.807, 2.05) is 11.9 Å². The molecule has 0 aliphatic carbocycles. The molecule has 0 saturated carbocycles. The van der Waals surface area contributed by atoms with Gasteiger partial charge in [0.05, 0.1) is 23.1 Å². The number of likely N-dealkylation sites (N-methyl/N-ethyl adjacent to an activating group) is 1. The SMILES string of the molecule is CN1CCN(Cc2ccc(NC(=O)C3(C)C=C(C#Cc4c(N)ncc5ccc(F)cc45)C=NC3)cc2C(F)(F)F)CC1. The zero-order chi connectivity index (χ0) is 30.1. The first-order valence-corrected chi connectivity index (χ1v) is 13.4. The molecule has 1 saturated heterocycles. The van der Waals surface area contributed by atoms with Crippen LogP contribution in [0.5, 0.6) is 0 Å². The molecule has 0 radical (unpaired) electrons. The van der Waals surface area contributed by atoms with Gasteiger partial charge in [0.25, 0.3) is 0 Å². The van der Waals surface area contributed by atoms with E-state index in [0.29, 0.717) is 35.0 Å². The lowest BCUT2D eigenvalue weighted by Gasteiger charge is -2.33. The summed E-state index contributed by atoms with van der Waals surface area (Å²) in [5.41, 5.74) is 5.02. The summed E-state index contributed by atoms with van der Waals surface area (Å²) in [7, 11) is 1.99. The van der Waals surface area contributed by atoms with Crippen LogP contribution in [0.3, 0.4) is 0 Å². The van der Waals surface area contributed by atoms with E-state index in [1.54, 1.807) is 19.1 Å². The number of nitrogens with zero attached hydrogens (tertiary/aromatic N) is 4. The number of hydrogen-bond acceptors (Lipinski definition) is 6. The monoisotopic (exact) mass is 578 g/mol. The number of piperazine rings is 1. The Kier molecular flexibility index (Phi) is 8.03. The molecule has 3 aromatic rings. The molecule has 7 nitrogen and oxygen atoms in total. The summed E-state index contributed by atoms with van der Waals surface area (Å²) in [5, 5.41) is 3.80. The number of nitrogens with one attached hydrogen (secondary N) is 1. The highest BCUT2D eigenvalue weighted by Gasteiger charge is 2.36. The van der Waals surface area contributed by atoms with E-state index in [0.717, 1.165) is 19.2 Å². The molecule has 42 heavy (non-hydrogen) atoms. The molecule has 3 N–H and O–H groups in total. The number of fused-ring (bicyclic) bond motifs is 1. The van der Waals surface area contributed by atoms with Gasteiger partial charge in [0.15, 0.2) is 0 Å². The zero-order valence-electron chi connectivity index (χ0n) is 23.2. The summed E-state index contributed by atoms with van der Waals surface area (Å²) >= 11 is 0. The van der Waals surface area contributed by atoms with Crippen LogP contribution in [0.15, 0.2) is 59.2 Å². The van der Waals surface area contributed by atoms with Crippen molar-refractivity contribution in [2.24, 2.45) is 10.4 Å². The predicted molar refractivity (Wildman–Crippen MR) is 155 cm³/mol. The number of benzene rings is 2. The van der Waals surface area contributed by atoms with Gasteiger partial charge in [-0.15, -0.1) is 0 Å². The second-order valence-corrected chi connectivity index (χ2v) is 10.9. The Balaban J connectivity index is 1.37. The van der Waals surface area contributed by atoms with E-state index in [4.69, 9.17) is 5.73 Å². The molecule has 2 aliphatic heterocycles. The first kappa shape index (κ1) is 29.2. The fraction of sp³-hybridized carbons (Fsp3) is 0.323. The van der Waals surface area contributed by atoms with E-state index in [-0.39, 0.29) is 30.2 Å². The minimum Gasteiger partial charge on any atom is -0.383 e. The maximum atomic E-state index is 14.0. The second kappa shape index (κ2) is 11.5. The van der Waals surface area contributed by atoms with Crippen molar-refractivity contribution < 1.29 is 22.4 Å². The third-order valence-corrected chi connectivity index (χ3v) is 7.52. The zero-order valence-corrected chi connectivity index (χ0v) is 23.2. The van der Waals surface area contributed by atoms with Gasteiger partial charge in [-0.05, 0) is 49.9 Å². The molecule has 1 fully saturated rings. The smallest absolute Gasteiger partial charge is 0.383 e. The van der Waals surface area contributed by atoms with Crippen molar-refractivity contribution in [1.29, 1.82) is 0 Å². The summed E-state index contributed by atoms with van der Waals surface area (Å²) in [6, 6.07) is 8.12. The third-order valence-electron chi connectivity index (χ3n) is 7.52. The number of dihydropyridines is 1. The molecule has 2 aliphatic rings. The quantitative estimate of drug-likeness (QED) is 0.346. The van der Waals surface area contributed by atoms with Gasteiger partial charge in [-0.2, -0.15) is 13.2 Å². The van der Waals surface area contributed by atoms with Crippen molar-refractivity contribution in [3.63, 3.8) is 0 Å². The van der Waals surface area contributed by atoms with Crippen LogP contribution in [0.4, 0.5) is 29.1 Å². The summed E-state index contributed by atoms with van der Waals surface area (Å²) in [5.74, 6) is 5.01.